The van der Waals surface area contributed by atoms with Gasteiger partial charge in [0.2, 0.25) is 5.88 Å². The standard InChI is InChI=1S/C15H11N5O2/c21-15(11-4-2-1-3-5-11)20-13-8-16-9-14(19-13)22-12-6-17-10-18-7-12/h1-10H,(H,19,20,21). The van der Waals surface area contributed by atoms with Gasteiger partial charge in [0.25, 0.3) is 5.91 Å². The number of hydrogen-bond donors (Lipinski definition) is 1. The summed E-state index contributed by atoms with van der Waals surface area (Å²) in [5.41, 5.74) is 0.534. The Hall–Kier alpha value is -3.35. The monoisotopic (exact) mass is 293 g/mol. The quantitative estimate of drug-likeness (QED) is 0.794. The normalized spacial score (nSPS) is 10.0. The van der Waals surface area contributed by atoms with E-state index in [4.69, 9.17) is 4.74 Å². The van der Waals surface area contributed by atoms with Crippen molar-refractivity contribution in [1.29, 1.82) is 0 Å². The predicted octanol–water partition coefficient (Wildman–Crippen LogP) is 2.31. The zero-order valence-corrected chi connectivity index (χ0v) is 11.4. The number of anilines is 1. The van der Waals surface area contributed by atoms with E-state index in [0.29, 0.717) is 17.1 Å². The van der Waals surface area contributed by atoms with Crippen LogP contribution in [0.5, 0.6) is 11.6 Å². The molecule has 2 heterocycles. The summed E-state index contributed by atoms with van der Waals surface area (Å²) in [6.45, 7) is 0. The van der Waals surface area contributed by atoms with Crippen molar-refractivity contribution in [2.24, 2.45) is 0 Å². The third kappa shape index (κ3) is 3.40. The van der Waals surface area contributed by atoms with Crippen LogP contribution in [0.25, 0.3) is 0 Å². The van der Waals surface area contributed by atoms with Crippen molar-refractivity contribution in [2.45, 2.75) is 0 Å². The van der Waals surface area contributed by atoms with E-state index in [1.807, 2.05) is 6.07 Å². The molecule has 1 N–H and O–H groups in total. The van der Waals surface area contributed by atoms with E-state index in [1.165, 1.54) is 31.1 Å². The maximum Gasteiger partial charge on any atom is 0.256 e. The number of nitrogens with zero attached hydrogens (tertiary/aromatic N) is 4. The minimum absolute atomic E-state index is 0.237. The van der Waals surface area contributed by atoms with Crippen molar-refractivity contribution >= 4 is 11.7 Å². The second-order valence-electron chi connectivity index (χ2n) is 4.24. The van der Waals surface area contributed by atoms with Crippen molar-refractivity contribution in [3.63, 3.8) is 0 Å². The van der Waals surface area contributed by atoms with Crippen LogP contribution < -0.4 is 10.1 Å². The lowest BCUT2D eigenvalue weighted by Crippen LogP contribution is -2.13. The lowest BCUT2D eigenvalue weighted by Gasteiger charge is -2.06. The van der Waals surface area contributed by atoms with Gasteiger partial charge in [-0.3, -0.25) is 9.78 Å². The fourth-order valence-electron chi connectivity index (χ4n) is 1.69. The first-order chi connectivity index (χ1) is 10.8. The van der Waals surface area contributed by atoms with E-state index in [1.54, 1.807) is 24.3 Å². The first-order valence-electron chi connectivity index (χ1n) is 6.42. The van der Waals surface area contributed by atoms with Crippen LogP contribution in [0.15, 0.2) is 61.4 Å². The zero-order chi connectivity index (χ0) is 15.2. The fourth-order valence-corrected chi connectivity index (χ4v) is 1.69. The summed E-state index contributed by atoms with van der Waals surface area (Å²) in [6.07, 6.45) is 7.28. The van der Waals surface area contributed by atoms with Crippen LogP contribution in [-0.2, 0) is 0 Å². The number of carbonyl (C=O) groups excluding carboxylic acids is 1. The molecule has 0 spiro atoms. The second-order valence-corrected chi connectivity index (χ2v) is 4.24. The molecule has 3 aromatic rings. The Labute approximate surface area is 126 Å². The van der Waals surface area contributed by atoms with Crippen LogP contribution in [0.4, 0.5) is 5.82 Å². The minimum atomic E-state index is -0.268. The van der Waals surface area contributed by atoms with Crippen molar-refractivity contribution in [2.75, 3.05) is 5.32 Å². The number of hydrogen-bond acceptors (Lipinski definition) is 6. The molecule has 0 aliphatic rings. The van der Waals surface area contributed by atoms with Gasteiger partial charge in [-0.2, -0.15) is 4.98 Å². The molecule has 0 unspecified atom stereocenters. The van der Waals surface area contributed by atoms with Crippen molar-refractivity contribution in [3.05, 3.63) is 67.0 Å². The first kappa shape index (κ1) is 13.6. The molecule has 3 rings (SSSR count). The van der Waals surface area contributed by atoms with E-state index in [9.17, 15) is 4.79 Å². The number of carbonyl (C=O) groups is 1. The molecule has 0 saturated carbocycles. The van der Waals surface area contributed by atoms with Crippen molar-refractivity contribution in [3.8, 4) is 11.6 Å². The lowest BCUT2D eigenvalue weighted by atomic mass is 10.2. The molecule has 0 bridgehead atoms. The Bertz CT molecular complexity index is 765. The average molecular weight is 293 g/mol. The first-order valence-corrected chi connectivity index (χ1v) is 6.42. The van der Waals surface area contributed by atoms with Gasteiger partial charge in [0, 0.05) is 5.56 Å². The topological polar surface area (TPSA) is 89.9 Å². The summed E-state index contributed by atoms with van der Waals surface area (Å²) in [7, 11) is 0. The van der Waals surface area contributed by atoms with Crippen LogP contribution in [0.1, 0.15) is 10.4 Å². The SMILES string of the molecule is O=C(Nc1cncc(Oc2cncnc2)n1)c1ccccc1. The number of nitrogens with one attached hydrogen (secondary N) is 1. The molecular weight excluding hydrogens is 282 g/mol. The molecular formula is C15H11N5O2. The van der Waals surface area contributed by atoms with Crippen LogP contribution in [0.2, 0.25) is 0 Å². The molecule has 0 atom stereocenters. The highest BCUT2D eigenvalue weighted by atomic mass is 16.5. The number of ether oxygens (including phenoxy) is 1. The average Bonchev–Trinajstić information content (AvgIpc) is 2.57. The van der Waals surface area contributed by atoms with Gasteiger partial charge in [-0.25, -0.2) is 9.97 Å². The van der Waals surface area contributed by atoms with Crippen molar-refractivity contribution in [1.82, 2.24) is 19.9 Å². The Kier molecular flexibility index (Phi) is 3.96. The molecule has 0 radical (unpaired) electrons. The van der Waals surface area contributed by atoms with Gasteiger partial charge >= 0.3 is 0 Å². The van der Waals surface area contributed by atoms with E-state index >= 15 is 0 Å². The molecule has 0 aliphatic carbocycles. The summed E-state index contributed by atoms with van der Waals surface area (Å²) in [6, 6.07) is 8.84. The maximum absolute atomic E-state index is 12.0. The zero-order valence-electron chi connectivity index (χ0n) is 11.4. The molecule has 7 nitrogen and oxygen atoms in total. The van der Waals surface area contributed by atoms with Crippen LogP contribution in [0.3, 0.4) is 0 Å². The van der Waals surface area contributed by atoms with E-state index < -0.39 is 0 Å². The molecule has 0 fully saturated rings. The maximum atomic E-state index is 12.0. The van der Waals surface area contributed by atoms with E-state index in [2.05, 4.69) is 25.3 Å². The summed E-state index contributed by atoms with van der Waals surface area (Å²) in [4.78, 5) is 27.9. The lowest BCUT2D eigenvalue weighted by molar-refractivity contribution is 0.102. The van der Waals surface area contributed by atoms with Gasteiger partial charge in [-0.05, 0) is 12.1 Å². The highest BCUT2D eigenvalue weighted by Gasteiger charge is 2.08. The van der Waals surface area contributed by atoms with Gasteiger partial charge in [-0.1, -0.05) is 18.2 Å². The molecule has 1 amide bonds. The van der Waals surface area contributed by atoms with Crippen LogP contribution in [0, 0.1) is 0 Å². The van der Waals surface area contributed by atoms with Crippen molar-refractivity contribution < 1.29 is 9.53 Å². The predicted molar refractivity (Wildman–Crippen MR) is 78.5 cm³/mol. The Morgan fingerprint density at radius 3 is 2.50 bits per heavy atom. The number of benzene rings is 1. The Balaban J connectivity index is 1.73. The fraction of sp³-hybridized carbons (Fsp3) is 0. The van der Waals surface area contributed by atoms with Crippen LogP contribution in [-0.4, -0.2) is 25.8 Å². The highest BCUT2D eigenvalue weighted by molar-refractivity contribution is 6.03. The summed E-state index contributed by atoms with van der Waals surface area (Å²) >= 11 is 0. The van der Waals surface area contributed by atoms with E-state index in [-0.39, 0.29) is 11.8 Å². The van der Waals surface area contributed by atoms with E-state index in [0.717, 1.165) is 0 Å². The second kappa shape index (κ2) is 6.40. The number of amides is 1. The van der Waals surface area contributed by atoms with Gasteiger partial charge in [-0.15, -0.1) is 0 Å². The molecule has 108 valence electrons. The summed E-state index contributed by atoms with van der Waals surface area (Å²) in [5, 5.41) is 2.66. The Morgan fingerprint density at radius 2 is 1.73 bits per heavy atom. The molecule has 22 heavy (non-hydrogen) atoms. The largest absolute Gasteiger partial charge is 0.434 e. The molecule has 7 heteroatoms. The van der Waals surface area contributed by atoms with Gasteiger partial charge in [0.1, 0.15) is 6.33 Å². The van der Waals surface area contributed by atoms with Gasteiger partial charge in [0.05, 0.1) is 24.8 Å². The number of aromatic nitrogens is 4. The van der Waals surface area contributed by atoms with Gasteiger partial charge < -0.3 is 10.1 Å². The third-order valence-corrected chi connectivity index (χ3v) is 2.65. The Morgan fingerprint density at radius 1 is 0.955 bits per heavy atom. The molecule has 0 saturated heterocycles. The summed E-state index contributed by atoms with van der Waals surface area (Å²) < 4.78 is 5.46. The van der Waals surface area contributed by atoms with Gasteiger partial charge in [0.15, 0.2) is 11.6 Å². The highest BCUT2D eigenvalue weighted by Crippen LogP contribution is 2.17. The number of rotatable bonds is 4. The minimum Gasteiger partial charge on any atom is -0.434 e. The molecule has 0 aliphatic heterocycles. The van der Waals surface area contributed by atoms with Crippen LogP contribution >= 0.6 is 0 Å². The smallest absolute Gasteiger partial charge is 0.256 e. The third-order valence-electron chi connectivity index (χ3n) is 2.65. The molecule has 2 aromatic heterocycles. The molecule has 1 aromatic carbocycles. The summed E-state index contributed by atoms with van der Waals surface area (Å²) in [5.74, 6) is 0.697.